The Labute approximate surface area is 87.2 Å². The van der Waals surface area contributed by atoms with Gasteiger partial charge < -0.3 is 10.4 Å². The maximum absolute atomic E-state index is 12.5. The molecule has 1 aromatic carbocycles. The summed E-state index contributed by atoms with van der Waals surface area (Å²) in [6.07, 6.45) is 2.60. The van der Waals surface area contributed by atoms with E-state index in [1.165, 1.54) is 18.2 Å². The maximum atomic E-state index is 12.5. The molecular formula is C11H12FNO2. The van der Waals surface area contributed by atoms with Crippen LogP contribution in [0.2, 0.25) is 0 Å². The molecule has 0 atom stereocenters. The van der Waals surface area contributed by atoms with Gasteiger partial charge in [0, 0.05) is 19.2 Å². The average Bonchev–Trinajstić information content (AvgIpc) is 2.20. The highest BCUT2D eigenvalue weighted by Crippen LogP contribution is 2.01. The van der Waals surface area contributed by atoms with Crippen LogP contribution >= 0.6 is 0 Å². The van der Waals surface area contributed by atoms with Gasteiger partial charge in [-0.1, -0.05) is 18.2 Å². The Morgan fingerprint density at radius 3 is 2.67 bits per heavy atom. The molecule has 0 unspecified atom stereocenters. The van der Waals surface area contributed by atoms with Crippen LogP contribution in [0.3, 0.4) is 0 Å². The van der Waals surface area contributed by atoms with Gasteiger partial charge in [-0.05, 0) is 17.7 Å². The molecular weight excluding hydrogens is 197 g/mol. The minimum Gasteiger partial charge on any atom is -0.478 e. The van der Waals surface area contributed by atoms with Crippen molar-refractivity contribution in [1.82, 2.24) is 5.32 Å². The Morgan fingerprint density at radius 2 is 2.07 bits per heavy atom. The normalized spacial score (nSPS) is 10.7. The van der Waals surface area contributed by atoms with E-state index < -0.39 is 5.97 Å². The van der Waals surface area contributed by atoms with Crippen LogP contribution in [-0.4, -0.2) is 17.6 Å². The summed E-state index contributed by atoms with van der Waals surface area (Å²) in [7, 11) is 0. The standard InChI is InChI=1S/C11H12FNO2/c12-10-5-3-9(4-6-10)8-13-7-1-2-11(14)15/h1-6,13H,7-8H2,(H,14,15)/b2-1+. The smallest absolute Gasteiger partial charge is 0.328 e. The molecule has 3 nitrogen and oxygen atoms in total. The molecule has 0 radical (unpaired) electrons. The Bertz CT molecular complexity index is 346. The van der Waals surface area contributed by atoms with Gasteiger partial charge in [-0.15, -0.1) is 0 Å². The van der Waals surface area contributed by atoms with Crippen molar-refractivity contribution in [2.24, 2.45) is 0 Å². The highest BCUT2D eigenvalue weighted by molar-refractivity contribution is 5.79. The van der Waals surface area contributed by atoms with E-state index in [1.54, 1.807) is 12.1 Å². The SMILES string of the molecule is O=C(O)/C=C/CNCc1ccc(F)cc1. The molecule has 2 N–H and O–H groups in total. The van der Waals surface area contributed by atoms with Gasteiger partial charge >= 0.3 is 5.97 Å². The van der Waals surface area contributed by atoms with Crippen LogP contribution in [0.5, 0.6) is 0 Å². The van der Waals surface area contributed by atoms with Crippen LogP contribution in [0.15, 0.2) is 36.4 Å². The van der Waals surface area contributed by atoms with Crippen molar-refractivity contribution >= 4 is 5.97 Å². The second kappa shape index (κ2) is 5.93. The summed E-state index contributed by atoms with van der Waals surface area (Å²) >= 11 is 0. The van der Waals surface area contributed by atoms with Gasteiger partial charge in [0.15, 0.2) is 0 Å². The number of aliphatic carboxylic acids is 1. The topological polar surface area (TPSA) is 49.3 Å². The first-order valence-corrected chi connectivity index (χ1v) is 4.53. The van der Waals surface area contributed by atoms with Crippen molar-refractivity contribution < 1.29 is 14.3 Å². The van der Waals surface area contributed by atoms with Gasteiger partial charge in [0.05, 0.1) is 0 Å². The van der Waals surface area contributed by atoms with E-state index in [9.17, 15) is 9.18 Å². The summed E-state index contributed by atoms with van der Waals surface area (Å²) in [5, 5.41) is 11.3. The fourth-order valence-electron chi connectivity index (χ4n) is 1.06. The zero-order valence-corrected chi connectivity index (χ0v) is 8.11. The van der Waals surface area contributed by atoms with Crippen LogP contribution in [0, 0.1) is 5.82 Å². The molecule has 0 heterocycles. The molecule has 0 saturated heterocycles. The molecule has 0 aliphatic rings. The van der Waals surface area contributed by atoms with Crippen molar-refractivity contribution in [3.05, 3.63) is 47.8 Å². The summed E-state index contributed by atoms with van der Waals surface area (Å²) in [5.74, 6) is -1.22. The number of benzene rings is 1. The molecule has 0 amide bonds. The van der Waals surface area contributed by atoms with E-state index in [4.69, 9.17) is 5.11 Å². The van der Waals surface area contributed by atoms with Crippen LogP contribution in [-0.2, 0) is 11.3 Å². The minimum absolute atomic E-state index is 0.260. The first-order valence-electron chi connectivity index (χ1n) is 4.53. The Hall–Kier alpha value is -1.68. The van der Waals surface area contributed by atoms with Gasteiger partial charge in [-0.3, -0.25) is 0 Å². The summed E-state index contributed by atoms with van der Waals surface area (Å²) in [4.78, 5) is 10.1. The first kappa shape index (κ1) is 11.4. The van der Waals surface area contributed by atoms with Crippen LogP contribution < -0.4 is 5.32 Å². The summed E-state index contributed by atoms with van der Waals surface area (Å²) < 4.78 is 12.5. The highest BCUT2D eigenvalue weighted by Gasteiger charge is 1.92. The molecule has 0 spiro atoms. The second-order valence-corrected chi connectivity index (χ2v) is 3.00. The van der Waals surface area contributed by atoms with Gasteiger partial charge in [0.2, 0.25) is 0 Å². The van der Waals surface area contributed by atoms with Crippen LogP contribution in [0.25, 0.3) is 0 Å². The zero-order valence-electron chi connectivity index (χ0n) is 8.11. The van der Waals surface area contributed by atoms with Crippen LogP contribution in [0.4, 0.5) is 4.39 Å². The number of hydrogen-bond acceptors (Lipinski definition) is 2. The summed E-state index contributed by atoms with van der Waals surface area (Å²) in [6.45, 7) is 1.06. The lowest BCUT2D eigenvalue weighted by molar-refractivity contribution is -0.131. The van der Waals surface area contributed by atoms with Crippen molar-refractivity contribution in [1.29, 1.82) is 0 Å². The van der Waals surface area contributed by atoms with E-state index >= 15 is 0 Å². The van der Waals surface area contributed by atoms with Gasteiger partial charge in [0.1, 0.15) is 5.82 Å². The van der Waals surface area contributed by atoms with E-state index in [-0.39, 0.29) is 5.82 Å². The number of carboxylic acid groups (broad SMARTS) is 1. The highest BCUT2D eigenvalue weighted by atomic mass is 19.1. The maximum Gasteiger partial charge on any atom is 0.328 e. The lowest BCUT2D eigenvalue weighted by Gasteiger charge is -2.01. The number of carbonyl (C=O) groups is 1. The Balaban J connectivity index is 2.26. The summed E-state index contributed by atoms with van der Waals surface area (Å²) in [5.41, 5.74) is 0.958. The number of nitrogens with one attached hydrogen (secondary N) is 1. The molecule has 0 aromatic heterocycles. The monoisotopic (exact) mass is 209 g/mol. The molecule has 1 rings (SSSR count). The third-order valence-corrected chi connectivity index (χ3v) is 1.76. The average molecular weight is 209 g/mol. The molecule has 15 heavy (non-hydrogen) atoms. The lowest BCUT2D eigenvalue weighted by Crippen LogP contribution is -2.13. The van der Waals surface area contributed by atoms with E-state index in [0.717, 1.165) is 11.6 Å². The minimum atomic E-state index is -0.960. The molecule has 0 aliphatic carbocycles. The van der Waals surface area contributed by atoms with Gasteiger partial charge in [-0.2, -0.15) is 0 Å². The fourth-order valence-corrected chi connectivity index (χ4v) is 1.06. The zero-order chi connectivity index (χ0) is 11.1. The van der Waals surface area contributed by atoms with Crippen molar-refractivity contribution in [3.63, 3.8) is 0 Å². The third kappa shape index (κ3) is 4.93. The number of hydrogen-bond donors (Lipinski definition) is 2. The lowest BCUT2D eigenvalue weighted by atomic mass is 10.2. The Kier molecular flexibility index (Phi) is 4.50. The Morgan fingerprint density at radius 1 is 1.40 bits per heavy atom. The van der Waals surface area contributed by atoms with Crippen LogP contribution in [0.1, 0.15) is 5.56 Å². The quantitative estimate of drug-likeness (QED) is 0.571. The molecule has 4 heteroatoms. The molecule has 80 valence electrons. The summed E-state index contributed by atoms with van der Waals surface area (Å²) in [6, 6.07) is 6.15. The fraction of sp³-hybridized carbons (Fsp3) is 0.182. The van der Waals surface area contributed by atoms with Gasteiger partial charge in [0.25, 0.3) is 0 Å². The van der Waals surface area contributed by atoms with Crippen molar-refractivity contribution in [2.45, 2.75) is 6.54 Å². The molecule has 0 saturated carbocycles. The molecule has 0 bridgehead atoms. The number of halogens is 1. The predicted molar refractivity (Wildman–Crippen MR) is 54.9 cm³/mol. The predicted octanol–water partition coefficient (Wildman–Crippen LogP) is 1.56. The molecule has 1 aromatic rings. The van der Waals surface area contributed by atoms with E-state index in [2.05, 4.69) is 5.32 Å². The third-order valence-electron chi connectivity index (χ3n) is 1.76. The first-order chi connectivity index (χ1) is 7.18. The number of rotatable bonds is 5. The number of carboxylic acids is 1. The van der Waals surface area contributed by atoms with E-state index in [1.807, 2.05) is 0 Å². The van der Waals surface area contributed by atoms with Crippen molar-refractivity contribution in [2.75, 3.05) is 6.54 Å². The van der Waals surface area contributed by atoms with Crippen molar-refractivity contribution in [3.8, 4) is 0 Å². The second-order valence-electron chi connectivity index (χ2n) is 3.00. The van der Waals surface area contributed by atoms with Gasteiger partial charge in [-0.25, -0.2) is 9.18 Å². The van der Waals surface area contributed by atoms with E-state index in [0.29, 0.717) is 13.1 Å². The molecule has 0 fully saturated rings. The molecule has 0 aliphatic heterocycles. The largest absolute Gasteiger partial charge is 0.478 e.